The molecule has 2 aliphatic heterocycles. The third-order valence-corrected chi connectivity index (χ3v) is 6.50. The normalized spacial score (nSPS) is 20.8. The first-order valence-electron chi connectivity index (χ1n) is 10.4. The van der Waals surface area contributed by atoms with Crippen LogP contribution in [0.1, 0.15) is 51.7 Å². The standard InChI is InChI=1S/C23H27BF3NO2/c1-21(2)22(3,4)30-24(29-21)18-10-13-20-16(15-18)7-5-6-14-28(20)19-11-8-17(9-12-19)23(25,26)27/h8-13,15H,5-7,14H2,1-4H3. The van der Waals surface area contributed by atoms with Gasteiger partial charge in [-0.2, -0.15) is 13.2 Å². The van der Waals surface area contributed by atoms with E-state index in [-0.39, 0.29) is 0 Å². The molecule has 0 spiro atoms. The van der Waals surface area contributed by atoms with Crippen molar-refractivity contribution in [1.82, 2.24) is 0 Å². The highest BCUT2D eigenvalue weighted by Gasteiger charge is 2.51. The van der Waals surface area contributed by atoms with Gasteiger partial charge in [-0.05, 0) is 88.3 Å². The van der Waals surface area contributed by atoms with E-state index in [0.717, 1.165) is 54.8 Å². The summed E-state index contributed by atoms with van der Waals surface area (Å²) in [6, 6.07) is 11.6. The van der Waals surface area contributed by atoms with Crippen molar-refractivity contribution in [2.45, 2.75) is 64.3 Å². The minimum atomic E-state index is -4.33. The molecule has 2 aromatic carbocycles. The van der Waals surface area contributed by atoms with Crippen LogP contribution in [0.15, 0.2) is 42.5 Å². The van der Waals surface area contributed by atoms with E-state index in [0.29, 0.717) is 0 Å². The van der Waals surface area contributed by atoms with Crippen LogP contribution in [-0.4, -0.2) is 24.9 Å². The Morgan fingerprint density at radius 3 is 2.13 bits per heavy atom. The molecule has 0 bridgehead atoms. The minimum Gasteiger partial charge on any atom is -0.399 e. The fraction of sp³-hybridized carbons (Fsp3) is 0.478. The number of alkyl halides is 3. The summed E-state index contributed by atoms with van der Waals surface area (Å²) in [5.74, 6) is 0. The van der Waals surface area contributed by atoms with Gasteiger partial charge in [-0.15, -0.1) is 0 Å². The van der Waals surface area contributed by atoms with Crippen molar-refractivity contribution in [1.29, 1.82) is 0 Å². The maximum absolute atomic E-state index is 12.9. The van der Waals surface area contributed by atoms with Crippen LogP contribution in [-0.2, 0) is 21.9 Å². The maximum atomic E-state index is 12.9. The number of anilines is 2. The Morgan fingerprint density at radius 2 is 1.53 bits per heavy atom. The van der Waals surface area contributed by atoms with Crippen molar-refractivity contribution in [3.63, 3.8) is 0 Å². The highest BCUT2D eigenvalue weighted by molar-refractivity contribution is 6.62. The van der Waals surface area contributed by atoms with Gasteiger partial charge in [0, 0.05) is 17.9 Å². The molecule has 0 aliphatic carbocycles. The summed E-state index contributed by atoms with van der Waals surface area (Å²) in [7, 11) is -0.428. The zero-order valence-corrected chi connectivity index (χ0v) is 17.8. The van der Waals surface area contributed by atoms with Crippen molar-refractivity contribution in [3.05, 3.63) is 53.6 Å². The summed E-state index contributed by atoms with van der Waals surface area (Å²) < 4.78 is 51.2. The summed E-state index contributed by atoms with van der Waals surface area (Å²) >= 11 is 0. The van der Waals surface area contributed by atoms with Crippen LogP contribution in [0.5, 0.6) is 0 Å². The van der Waals surface area contributed by atoms with E-state index in [1.165, 1.54) is 5.56 Å². The number of aryl methyl sites for hydroxylation is 1. The number of halogens is 3. The molecule has 2 aliphatic rings. The number of nitrogens with zero attached hydrogens (tertiary/aromatic N) is 1. The van der Waals surface area contributed by atoms with Crippen LogP contribution in [0.3, 0.4) is 0 Å². The van der Waals surface area contributed by atoms with Gasteiger partial charge in [0.1, 0.15) is 0 Å². The van der Waals surface area contributed by atoms with Gasteiger partial charge in [0.05, 0.1) is 16.8 Å². The molecule has 2 aromatic rings. The van der Waals surface area contributed by atoms with Crippen LogP contribution >= 0.6 is 0 Å². The lowest BCUT2D eigenvalue weighted by Gasteiger charge is -2.32. The Hall–Kier alpha value is -1.99. The third-order valence-electron chi connectivity index (χ3n) is 6.50. The average molecular weight is 417 g/mol. The van der Waals surface area contributed by atoms with E-state index in [1.807, 2.05) is 39.8 Å². The second-order valence-electron chi connectivity index (χ2n) is 9.13. The van der Waals surface area contributed by atoms with E-state index in [4.69, 9.17) is 9.31 Å². The summed E-state index contributed by atoms with van der Waals surface area (Å²) in [4.78, 5) is 2.11. The Labute approximate surface area is 176 Å². The molecule has 160 valence electrons. The smallest absolute Gasteiger partial charge is 0.399 e. The molecule has 30 heavy (non-hydrogen) atoms. The second-order valence-corrected chi connectivity index (χ2v) is 9.13. The van der Waals surface area contributed by atoms with Gasteiger partial charge in [0.25, 0.3) is 0 Å². The van der Waals surface area contributed by atoms with Crippen LogP contribution in [0.2, 0.25) is 0 Å². The molecule has 0 atom stereocenters. The van der Waals surface area contributed by atoms with E-state index in [1.54, 1.807) is 12.1 Å². The molecule has 7 heteroatoms. The third kappa shape index (κ3) is 3.85. The molecule has 0 aromatic heterocycles. The van der Waals surface area contributed by atoms with E-state index < -0.39 is 30.1 Å². The number of rotatable bonds is 2. The number of benzene rings is 2. The van der Waals surface area contributed by atoms with E-state index >= 15 is 0 Å². The largest absolute Gasteiger partial charge is 0.494 e. The van der Waals surface area contributed by atoms with Crippen LogP contribution < -0.4 is 10.4 Å². The lowest BCUT2D eigenvalue weighted by atomic mass is 9.78. The maximum Gasteiger partial charge on any atom is 0.494 e. The molecule has 1 saturated heterocycles. The van der Waals surface area contributed by atoms with Crippen molar-refractivity contribution in [2.75, 3.05) is 11.4 Å². The second kappa shape index (κ2) is 7.31. The van der Waals surface area contributed by atoms with Gasteiger partial charge in [-0.1, -0.05) is 12.1 Å². The van der Waals surface area contributed by atoms with Gasteiger partial charge in [-0.3, -0.25) is 0 Å². The quantitative estimate of drug-likeness (QED) is 0.605. The predicted octanol–water partition coefficient (Wildman–Crippen LogP) is 5.48. The lowest BCUT2D eigenvalue weighted by Crippen LogP contribution is -2.41. The minimum absolute atomic E-state index is 0.406. The highest BCUT2D eigenvalue weighted by Crippen LogP contribution is 2.38. The van der Waals surface area contributed by atoms with Gasteiger partial charge < -0.3 is 14.2 Å². The van der Waals surface area contributed by atoms with Crippen molar-refractivity contribution < 1.29 is 22.5 Å². The highest BCUT2D eigenvalue weighted by atomic mass is 19.4. The van der Waals surface area contributed by atoms with Crippen LogP contribution in [0.4, 0.5) is 24.5 Å². The summed E-state index contributed by atoms with van der Waals surface area (Å²) in [6.07, 6.45) is -1.41. The molecule has 0 N–H and O–H groups in total. The Balaban J connectivity index is 1.64. The first kappa shape index (κ1) is 21.3. The number of hydrogen-bond acceptors (Lipinski definition) is 3. The SMILES string of the molecule is CC1(C)OB(c2ccc3c(c2)CCCCN3c2ccc(C(F)(F)F)cc2)OC1(C)C. The first-order valence-corrected chi connectivity index (χ1v) is 10.4. The van der Waals surface area contributed by atoms with Gasteiger partial charge in [0.15, 0.2) is 0 Å². The summed E-state index contributed by atoms with van der Waals surface area (Å²) in [5.41, 5.74) is 2.51. The van der Waals surface area contributed by atoms with Crippen molar-refractivity contribution in [3.8, 4) is 0 Å². The molecule has 0 unspecified atom stereocenters. The van der Waals surface area contributed by atoms with Crippen LogP contribution in [0.25, 0.3) is 0 Å². The van der Waals surface area contributed by atoms with Crippen molar-refractivity contribution >= 4 is 24.0 Å². The topological polar surface area (TPSA) is 21.7 Å². The molecular formula is C23H27BF3NO2. The van der Waals surface area contributed by atoms with Gasteiger partial charge in [0.2, 0.25) is 0 Å². The predicted molar refractivity (Wildman–Crippen MR) is 114 cm³/mol. The molecule has 4 rings (SSSR count). The fourth-order valence-corrected chi connectivity index (χ4v) is 4.00. The van der Waals surface area contributed by atoms with Gasteiger partial charge in [-0.25, -0.2) is 0 Å². The molecule has 0 radical (unpaired) electrons. The molecule has 1 fully saturated rings. The average Bonchev–Trinajstić information content (AvgIpc) is 2.81. The zero-order chi connectivity index (χ0) is 21.7. The van der Waals surface area contributed by atoms with E-state index in [2.05, 4.69) is 11.0 Å². The zero-order valence-electron chi connectivity index (χ0n) is 17.8. The summed E-state index contributed by atoms with van der Waals surface area (Å²) in [6.45, 7) is 8.89. The Bertz CT molecular complexity index is 909. The first-order chi connectivity index (χ1) is 14.0. The fourth-order valence-electron chi connectivity index (χ4n) is 4.00. The monoisotopic (exact) mass is 417 g/mol. The molecule has 3 nitrogen and oxygen atoms in total. The number of fused-ring (bicyclic) bond motifs is 1. The lowest BCUT2D eigenvalue weighted by molar-refractivity contribution is -0.137. The molecular weight excluding hydrogens is 390 g/mol. The Kier molecular flexibility index (Phi) is 5.18. The van der Waals surface area contributed by atoms with Gasteiger partial charge >= 0.3 is 13.3 Å². The molecule has 0 amide bonds. The van der Waals surface area contributed by atoms with Crippen molar-refractivity contribution in [2.24, 2.45) is 0 Å². The van der Waals surface area contributed by atoms with Crippen LogP contribution in [0, 0.1) is 0 Å². The Morgan fingerprint density at radius 1 is 0.900 bits per heavy atom. The molecule has 0 saturated carbocycles. The number of hydrogen-bond donors (Lipinski definition) is 0. The molecule has 2 heterocycles. The van der Waals surface area contributed by atoms with E-state index in [9.17, 15) is 13.2 Å². The summed E-state index contributed by atoms with van der Waals surface area (Å²) in [5, 5.41) is 0.